The summed E-state index contributed by atoms with van der Waals surface area (Å²) in [5, 5.41) is 0. The first kappa shape index (κ1) is 15.9. The average Bonchev–Trinajstić information content (AvgIpc) is 2.51. The van der Waals surface area contributed by atoms with Crippen LogP contribution in [0.1, 0.15) is 18.9 Å². The van der Waals surface area contributed by atoms with E-state index >= 15 is 0 Å². The molecule has 0 amide bonds. The summed E-state index contributed by atoms with van der Waals surface area (Å²) in [4.78, 5) is 0. The average molecular weight is 350 g/mol. The van der Waals surface area contributed by atoms with E-state index in [1.165, 1.54) is 5.56 Å². The number of halogens is 1. The predicted octanol–water partition coefficient (Wildman–Crippen LogP) is 4.53. The molecule has 1 atom stereocenters. The van der Waals surface area contributed by atoms with Crippen LogP contribution in [0.2, 0.25) is 0 Å². The Morgan fingerprint density at radius 3 is 2.33 bits per heavy atom. The summed E-state index contributed by atoms with van der Waals surface area (Å²) in [6.45, 7) is 2.10. The summed E-state index contributed by atoms with van der Waals surface area (Å²) in [5.74, 6) is 2.35. The van der Waals surface area contributed by atoms with Gasteiger partial charge in [-0.2, -0.15) is 0 Å². The third-order valence-electron chi connectivity index (χ3n) is 3.31. The van der Waals surface area contributed by atoms with Crippen LogP contribution in [-0.4, -0.2) is 13.2 Å². The van der Waals surface area contributed by atoms with Gasteiger partial charge < -0.3 is 15.2 Å². The number of benzene rings is 2. The normalized spacial score (nSPS) is 12.0. The third-order valence-corrected chi connectivity index (χ3v) is 3.93. The van der Waals surface area contributed by atoms with Gasteiger partial charge in [-0.15, -0.1) is 0 Å². The molecule has 4 heteroatoms. The van der Waals surface area contributed by atoms with Crippen LogP contribution >= 0.6 is 15.9 Å². The molecule has 0 heterocycles. The lowest BCUT2D eigenvalue weighted by Crippen LogP contribution is -2.21. The van der Waals surface area contributed by atoms with E-state index in [0.29, 0.717) is 0 Å². The predicted molar refractivity (Wildman–Crippen MR) is 89.2 cm³/mol. The van der Waals surface area contributed by atoms with Gasteiger partial charge in [-0.05, 0) is 64.7 Å². The van der Waals surface area contributed by atoms with Crippen molar-refractivity contribution in [2.24, 2.45) is 5.73 Å². The second-order valence-corrected chi connectivity index (χ2v) is 5.77. The maximum atomic E-state index is 5.96. The lowest BCUT2D eigenvalue weighted by atomic mass is 10.0. The third kappa shape index (κ3) is 4.48. The Hall–Kier alpha value is -1.52. The molecule has 2 N–H and O–H groups in total. The number of hydrogen-bond acceptors (Lipinski definition) is 3. The van der Waals surface area contributed by atoms with Crippen molar-refractivity contribution >= 4 is 15.9 Å². The van der Waals surface area contributed by atoms with Crippen LogP contribution in [0.4, 0.5) is 0 Å². The zero-order chi connectivity index (χ0) is 15.2. The van der Waals surface area contributed by atoms with E-state index in [1.807, 2.05) is 30.3 Å². The smallest absolute Gasteiger partial charge is 0.141 e. The van der Waals surface area contributed by atoms with Gasteiger partial charge in [-0.3, -0.25) is 0 Å². The highest BCUT2D eigenvalue weighted by Crippen LogP contribution is 2.32. The summed E-state index contributed by atoms with van der Waals surface area (Å²) < 4.78 is 11.9. The lowest BCUT2D eigenvalue weighted by Gasteiger charge is -2.11. The molecule has 21 heavy (non-hydrogen) atoms. The second-order valence-electron chi connectivity index (χ2n) is 4.91. The van der Waals surface area contributed by atoms with E-state index in [1.54, 1.807) is 7.11 Å². The van der Waals surface area contributed by atoms with E-state index in [9.17, 15) is 0 Å². The first-order valence-electron chi connectivity index (χ1n) is 6.98. The van der Waals surface area contributed by atoms with E-state index in [-0.39, 0.29) is 6.04 Å². The van der Waals surface area contributed by atoms with Gasteiger partial charge in [0.15, 0.2) is 0 Å². The maximum absolute atomic E-state index is 5.96. The highest BCUT2D eigenvalue weighted by Gasteiger charge is 2.06. The maximum Gasteiger partial charge on any atom is 0.141 e. The molecule has 0 aliphatic heterocycles. The standard InChI is InChI=1S/C17H20BrNO2/c1-3-13(19)10-12-4-6-14(7-5-12)21-17-9-8-15(20-2)11-16(17)18/h4-9,11,13H,3,10,19H2,1-2H3. The molecular weight excluding hydrogens is 330 g/mol. The Morgan fingerprint density at radius 1 is 1.10 bits per heavy atom. The van der Waals surface area contributed by atoms with Crippen LogP contribution in [0.15, 0.2) is 46.9 Å². The summed E-state index contributed by atoms with van der Waals surface area (Å²) in [7, 11) is 1.64. The van der Waals surface area contributed by atoms with Crippen molar-refractivity contribution in [1.82, 2.24) is 0 Å². The first-order valence-corrected chi connectivity index (χ1v) is 7.77. The minimum Gasteiger partial charge on any atom is -0.497 e. The van der Waals surface area contributed by atoms with Crippen molar-refractivity contribution in [3.8, 4) is 17.2 Å². The molecule has 0 bridgehead atoms. The van der Waals surface area contributed by atoms with Crippen LogP contribution < -0.4 is 15.2 Å². The van der Waals surface area contributed by atoms with Crippen LogP contribution in [0.25, 0.3) is 0 Å². The molecule has 0 radical (unpaired) electrons. The van der Waals surface area contributed by atoms with Crippen molar-refractivity contribution in [2.45, 2.75) is 25.8 Å². The highest BCUT2D eigenvalue weighted by atomic mass is 79.9. The summed E-state index contributed by atoms with van der Waals surface area (Å²) in [5.41, 5.74) is 7.19. The van der Waals surface area contributed by atoms with E-state index in [4.69, 9.17) is 15.2 Å². The van der Waals surface area contributed by atoms with E-state index in [0.717, 1.165) is 34.6 Å². The van der Waals surface area contributed by atoms with Gasteiger partial charge in [0.1, 0.15) is 17.2 Å². The molecular formula is C17H20BrNO2. The quantitative estimate of drug-likeness (QED) is 0.833. The summed E-state index contributed by atoms with van der Waals surface area (Å²) in [6, 6.07) is 13.9. The zero-order valence-electron chi connectivity index (χ0n) is 12.3. The summed E-state index contributed by atoms with van der Waals surface area (Å²) >= 11 is 3.48. The van der Waals surface area contributed by atoms with E-state index in [2.05, 4.69) is 35.0 Å². The molecule has 0 aliphatic rings. The number of methoxy groups -OCH3 is 1. The van der Waals surface area contributed by atoms with Crippen molar-refractivity contribution in [3.05, 3.63) is 52.5 Å². The highest BCUT2D eigenvalue weighted by molar-refractivity contribution is 9.10. The molecule has 2 rings (SSSR count). The fourth-order valence-corrected chi connectivity index (χ4v) is 2.40. The Balaban J connectivity index is 2.06. The molecule has 0 saturated carbocycles. The lowest BCUT2D eigenvalue weighted by molar-refractivity contribution is 0.412. The van der Waals surface area contributed by atoms with Crippen molar-refractivity contribution in [3.63, 3.8) is 0 Å². The Kier molecular flexibility index (Phi) is 5.65. The number of nitrogens with two attached hydrogens (primary N) is 1. The molecule has 0 saturated heterocycles. The summed E-state index contributed by atoms with van der Waals surface area (Å²) in [6.07, 6.45) is 1.88. The van der Waals surface area contributed by atoms with Gasteiger partial charge >= 0.3 is 0 Å². The fraction of sp³-hybridized carbons (Fsp3) is 0.294. The Labute approximate surface area is 134 Å². The zero-order valence-corrected chi connectivity index (χ0v) is 13.9. The van der Waals surface area contributed by atoms with Gasteiger partial charge in [-0.1, -0.05) is 19.1 Å². The number of rotatable bonds is 6. The largest absolute Gasteiger partial charge is 0.497 e. The molecule has 2 aromatic rings. The van der Waals surface area contributed by atoms with Crippen molar-refractivity contribution < 1.29 is 9.47 Å². The second kappa shape index (κ2) is 7.48. The van der Waals surface area contributed by atoms with Gasteiger partial charge in [0.25, 0.3) is 0 Å². The number of hydrogen-bond donors (Lipinski definition) is 1. The molecule has 1 unspecified atom stereocenters. The first-order chi connectivity index (χ1) is 10.1. The molecule has 0 aromatic heterocycles. The van der Waals surface area contributed by atoms with Crippen molar-refractivity contribution in [1.29, 1.82) is 0 Å². The van der Waals surface area contributed by atoms with E-state index < -0.39 is 0 Å². The fourth-order valence-electron chi connectivity index (χ4n) is 1.96. The molecule has 0 aliphatic carbocycles. The van der Waals surface area contributed by atoms with Crippen LogP contribution in [0.3, 0.4) is 0 Å². The van der Waals surface area contributed by atoms with Crippen LogP contribution in [0.5, 0.6) is 17.2 Å². The molecule has 0 spiro atoms. The van der Waals surface area contributed by atoms with Crippen LogP contribution in [0, 0.1) is 0 Å². The minimum atomic E-state index is 0.215. The SMILES string of the molecule is CCC(N)Cc1ccc(Oc2ccc(OC)cc2Br)cc1. The molecule has 112 valence electrons. The molecule has 0 fully saturated rings. The van der Waals surface area contributed by atoms with Gasteiger partial charge in [0.05, 0.1) is 11.6 Å². The molecule has 2 aromatic carbocycles. The monoisotopic (exact) mass is 349 g/mol. The molecule has 3 nitrogen and oxygen atoms in total. The van der Waals surface area contributed by atoms with Gasteiger partial charge in [0, 0.05) is 6.04 Å². The van der Waals surface area contributed by atoms with Crippen LogP contribution in [-0.2, 0) is 6.42 Å². The Bertz CT molecular complexity index is 584. The number of ether oxygens (including phenoxy) is 2. The minimum absolute atomic E-state index is 0.215. The van der Waals surface area contributed by atoms with Gasteiger partial charge in [0.2, 0.25) is 0 Å². The van der Waals surface area contributed by atoms with Crippen molar-refractivity contribution in [2.75, 3.05) is 7.11 Å². The van der Waals surface area contributed by atoms with Gasteiger partial charge in [-0.25, -0.2) is 0 Å². The topological polar surface area (TPSA) is 44.5 Å². The Morgan fingerprint density at radius 2 is 1.76 bits per heavy atom.